The quantitative estimate of drug-likeness (QED) is 0.324. The lowest BCUT2D eigenvalue weighted by atomic mass is 9.90. The van der Waals surface area contributed by atoms with Gasteiger partial charge in [0.05, 0.1) is 5.21 Å². The second-order valence-corrected chi connectivity index (χ2v) is 8.07. The van der Waals surface area contributed by atoms with E-state index in [2.05, 4.69) is 13.8 Å². The highest BCUT2D eigenvalue weighted by Crippen LogP contribution is 2.25. The fraction of sp³-hybridized carbons (Fsp3) is 0.583. The Kier molecular flexibility index (Phi) is 7.73. The van der Waals surface area contributed by atoms with Gasteiger partial charge in [-0.3, -0.25) is 9.59 Å². The number of unbranched alkanes of at least 4 members (excludes halogenated alkanes) is 8. The molecule has 1 aromatic carbocycles. The lowest BCUT2D eigenvalue weighted by Gasteiger charge is -2.11. The molecule has 1 aromatic heterocycles. The molecular formula is C24H34N3O2+. The molecule has 29 heavy (non-hydrogen) atoms. The first-order valence-electron chi connectivity index (χ1n) is 11.4. The Morgan fingerprint density at radius 1 is 0.793 bits per heavy atom. The zero-order valence-electron chi connectivity index (χ0n) is 18.0. The molecule has 5 nitrogen and oxygen atoms in total. The Morgan fingerprint density at radius 3 is 2.07 bits per heavy atom. The van der Waals surface area contributed by atoms with E-state index in [1.807, 2.05) is 12.1 Å². The zero-order valence-corrected chi connectivity index (χ0v) is 18.0. The van der Waals surface area contributed by atoms with Crippen LogP contribution >= 0.6 is 0 Å². The van der Waals surface area contributed by atoms with E-state index in [4.69, 9.17) is 5.21 Å². The molecule has 0 spiro atoms. The fourth-order valence-corrected chi connectivity index (χ4v) is 4.09. The van der Waals surface area contributed by atoms with Crippen LogP contribution in [0, 0.1) is 0 Å². The first kappa shape index (κ1) is 21.4. The van der Waals surface area contributed by atoms with Crippen LogP contribution in [0.4, 0.5) is 0 Å². The molecule has 2 aromatic rings. The average molecular weight is 397 g/mol. The molecule has 1 heterocycles. The summed E-state index contributed by atoms with van der Waals surface area (Å²) in [5.74, 6) is -0.138. The molecule has 1 aliphatic rings. The van der Waals surface area contributed by atoms with Gasteiger partial charge in [-0.25, -0.2) is 0 Å². The second-order valence-electron chi connectivity index (χ2n) is 8.07. The van der Waals surface area contributed by atoms with Crippen molar-refractivity contribution >= 4 is 11.6 Å². The molecule has 0 saturated carbocycles. The summed E-state index contributed by atoms with van der Waals surface area (Å²) in [7, 11) is 0. The summed E-state index contributed by atoms with van der Waals surface area (Å²) in [6, 6.07) is 7.15. The highest BCUT2D eigenvalue weighted by molar-refractivity contribution is 6.26. The van der Waals surface area contributed by atoms with Gasteiger partial charge in [0.2, 0.25) is 23.0 Å². The minimum atomic E-state index is -0.0695. The van der Waals surface area contributed by atoms with Crippen LogP contribution in [0.5, 0.6) is 0 Å². The number of rotatable bonds is 12. The number of fused-ring (bicyclic) bond motifs is 2. The van der Waals surface area contributed by atoms with Gasteiger partial charge in [-0.2, -0.15) is 0 Å². The summed E-state index contributed by atoms with van der Waals surface area (Å²) in [6.07, 6.45) is 11.5. The van der Waals surface area contributed by atoms with Crippen molar-refractivity contribution in [2.45, 2.75) is 91.1 Å². The van der Waals surface area contributed by atoms with E-state index >= 15 is 0 Å². The summed E-state index contributed by atoms with van der Waals surface area (Å²) >= 11 is 0. The molecule has 0 radical (unpaired) electrons. The predicted octanol–water partition coefficient (Wildman–Crippen LogP) is 4.89. The molecule has 5 heteroatoms. The van der Waals surface area contributed by atoms with Gasteiger partial charge in [-0.1, -0.05) is 76.6 Å². The smallest absolute Gasteiger partial charge is 0.249 e. The van der Waals surface area contributed by atoms with Gasteiger partial charge in [-0.05, 0) is 25.7 Å². The van der Waals surface area contributed by atoms with Crippen molar-refractivity contribution in [3.8, 4) is 0 Å². The van der Waals surface area contributed by atoms with Crippen LogP contribution < -0.4 is 4.68 Å². The van der Waals surface area contributed by atoms with Crippen molar-refractivity contribution in [1.82, 2.24) is 9.90 Å². The molecule has 0 atom stereocenters. The number of benzene rings is 1. The van der Waals surface area contributed by atoms with Crippen LogP contribution in [0.25, 0.3) is 0 Å². The molecule has 0 bridgehead atoms. The van der Waals surface area contributed by atoms with Gasteiger partial charge in [0, 0.05) is 11.1 Å². The van der Waals surface area contributed by atoms with Crippen LogP contribution in [-0.2, 0) is 13.1 Å². The summed E-state index contributed by atoms with van der Waals surface area (Å²) in [5.41, 5.74) is 1.98. The summed E-state index contributed by atoms with van der Waals surface area (Å²) < 4.78 is 3.59. The molecule has 0 saturated heterocycles. The lowest BCUT2D eigenvalue weighted by Crippen LogP contribution is -2.43. The van der Waals surface area contributed by atoms with E-state index in [9.17, 15) is 9.59 Å². The Bertz CT molecular complexity index is 854. The summed E-state index contributed by atoms with van der Waals surface area (Å²) in [5, 5.41) is 4.70. The average Bonchev–Trinajstić information content (AvgIpc) is 3.11. The number of carbonyl (C=O) groups excluding carboxylic acids is 2. The number of aromatic nitrogens is 3. The Labute approximate surface area is 174 Å². The molecule has 156 valence electrons. The van der Waals surface area contributed by atoms with Crippen molar-refractivity contribution in [3.05, 3.63) is 46.8 Å². The minimum Gasteiger partial charge on any atom is -0.284 e. The second kappa shape index (κ2) is 10.5. The number of nitrogens with zero attached hydrogens (tertiary/aromatic N) is 3. The fourth-order valence-electron chi connectivity index (χ4n) is 4.09. The van der Waals surface area contributed by atoms with Gasteiger partial charge < -0.3 is 0 Å². The van der Waals surface area contributed by atoms with Crippen molar-refractivity contribution in [2.75, 3.05) is 0 Å². The summed E-state index contributed by atoms with van der Waals surface area (Å²) in [6.45, 7) is 5.78. The zero-order chi connectivity index (χ0) is 20.6. The molecule has 3 rings (SSSR count). The predicted molar refractivity (Wildman–Crippen MR) is 113 cm³/mol. The molecular weight excluding hydrogens is 362 g/mol. The lowest BCUT2D eigenvalue weighted by molar-refractivity contribution is -0.757. The number of aryl methyl sites for hydroxylation is 2. The third-order valence-electron chi connectivity index (χ3n) is 5.75. The third kappa shape index (κ3) is 4.82. The van der Waals surface area contributed by atoms with Crippen LogP contribution in [-0.4, -0.2) is 21.5 Å². The maximum absolute atomic E-state index is 13.2. The van der Waals surface area contributed by atoms with E-state index < -0.39 is 0 Å². The van der Waals surface area contributed by atoms with E-state index in [1.54, 1.807) is 21.5 Å². The molecule has 1 aliphatic carbocycles. The van der Waals surface area contributed by atoms with Crippen LogP contribution in [0.2, 0.25) is 0 Å². The number of hydrogen-bond donors (Lipinski definition) is 0. The van der Waals surface area contributed by atoms with Crippen LogP contribution in [0.1, 0.15) is 110 Å². The van der Waals surface area contributed by atoms with Gasteiger partial charge in [0.25, 0.3) is 0 Å². The highest BCUT2D eigenvalue weighted by atomic mass is 16.1. The molecule has 0 amide bonds. The van der Waals surface area contributed by atoms with Gasteiger partial charge in [0.1, 0.15) is 13.1 Å². The van der Waals surface area contributed by atoms with Crippen molar-refractivity contribution in [3.63, 3.8) is 0 Å². The Hall–Kier alpha value is -2.30. The number of ketones is 2. The normalized spacial score (nSPS) is 12.9. The van der Waals surface area contributed by atoms with Crippen LogP contribution in [0.3, 0.4) is 0 Å². The maximum Gasteiger partial charge on any atom is 0.249 e. The molecule has 0 N–H and O–H groups in total. The van der Waals surface area contributed by atoms with Crippen molar-refractivity contribution in [1.29, 1.82) is 0 Å². The summed E-state index contributed by atoms with van der Waals surface area (Å²) in [4.78, 5) is 26.4. The molecule has 0 fully saturated rings. The van der Waals surface area contributed by atoms with Gasteiger partial charge >= 0.3 is 0 Å². The number of carbonyl (C=O) groups is 2. The number of hydrogen-bond acceptors (Lipinski definition) is 3. The third-order valence-corrected chi connectivity index (χ3v) is 5.75. The van der Waals surface area contributed by atoms with E-state index in [0.717, 1.165) is 25.7 Å². The topological polar surface area (TPSA) is 55.8 Å². The Balaban J connectivity index is 1.82. The van der Waals surface area contributed by atoms with E-state index in [1.165, 1.54) is 38.5 Å². The van der Waals surface area contributed by atoms with E-state index in [-0.39, 0.29) is 11.6 Å². The van der Waals surface area contributed by atoms with E-state index in [0.29, 0.717) is 35.6 Å². The van der Waals surface area contributed by atoms with Crippen molar-refractivity contribution < 1.29 is 14.3 Å². The maximum atomic E-state index is 13.2. The first-order chi connectivity index (χ1) is 14.2. The van der Waals surface area contributed by atoms with Gasteiger partial charge in [-0.15, -0.1) is 9.36 Å². The minimum absolute atomic E-state index is 0.0685. The van der Waals surface area contributed by atoms with Gasteiger partial charge in [0.15, 0.2) is 0 Å². The standard InChI is InChI=1S/C24H34N3O2/c1-3-5-7-9-10-14-18-27-22-21(26(25-27)17-13-8-6-4-2)23(28)19-15-11-12-16-20(19)24(22)29/h11-12,15-16H,3-10,13-14,17-18H2,1-2H3/q+1. The monoisotopic (exact) mass is 396 g/mol. The SMILES string of the molecule is CCCCCCCC[n+]1nn(CCCCCC)c2c1C(=O)c1ccccc1C2=O. The largest absolute Gasteiger partial charge is 0.284 e. The molecule has 0 aliphatic heterocycles. The highest BCUT2D eigenvalue weighted by Gasteiger charge is 2.42. The van der Waals surface area contributed by atoms with Crippen LogP contribution in [0.15, 0.2) is 24.3 Å². The Morgan fingerprint density at radius 2 is 1.38 bits per heavy atom. The molecule has 0 unspecified atom stereocenters. The first-order valence-corrected chi connectivity index (χ1v) is 11.4. The van der Waals surface area contributed by atoms with Crippen molar-refractivity contribution in [2.24, 2.45) is 0 Å².